The molecule has 0 unspecified atom stereocenters. The van der Waals surface area contributed by atoms with Crippen LogP contribution in [0.3, 0.4) is 0 Å². The van der Waals surface area contributed by atoms with Crippen molar-refractivity contribution < 1.29 is 15.0 Å². The highest BCUT2D eigenvalue weighted by molar-refractivity contribution is 5.77. The molecule has 0 heterocycles. The van der Waals surface area contributed by atoms with E-state index in [0.29, 0.717) is 17.0 Å². The molecule has 0 aromatic heterocycles. The van der Waals surface area contributed by atoms with Crippen molar-refractivity contribution in [1.82, 2.24) is 0 Å². The topological polar surface area (TPSA) is 57.5 Å². The molecule has 126 valence electrons. The molecule has 1 aliphatic rings. The molecular formula is C21H24O3. The molecule has 2 atom stereocenters. The van der Waals surface area contributed by atoms with Crippen molar-refractivity contribution in [2.45, 2.75) is 50.0 Å². The molecule has 0 saturated heterocycles. The van der Waals surface area contributed by atoms with Crippen molar-refractivity contribution >= 4 is 5.97 Å². The summed E-state index contributed by atoms with van der Waals surface area (Å²) in [4.78, 5) is 11.7. The van der Waals surface area contributed by atoms with Gasteiger partial charge in [-0.05, 0) is 35.4 Å². The van der Waals surface area contributed by atoms with Crippen molar-refractivity contribution in [2.75, 3.05) is 0 Å². The van der Waals surface area contributed by atoms with Crippen LogP contribution in [-0.2, 0) is 4.79 Å². The van der Waals surface area contributed by atoms with Gasteiger partial charge < -0.3 is 10.2 Å². The van der Waals surface area contributed by atoms with Gasteiger partial charge in [0, 0.05) is 0 Å². The largest absolute Gasteiger partial charge is 0.481 e. The molecule has 0 amide bonds. The number of hydrogen-bond acceptors (Lipinski definition) is 2. The Morgan fingerprint density at radius 2 is 1.50 bits per heavy atom. The van der Waals surface area contributed by atoms with E-state index in [1.807, 2.05) is 42.5 Å². The summed E-state index contributed by atoms with van der Waals surface area (Å²) in [5.41, 5.74) is 2.57. The highest BCUT2D eigenvalue weighted by Gasteiger charge is 2.29. The minimum absolute atomic E-state index is 0.593. The zero-order chi connectivity index (χ0) is 16.9. The Morgan fingerprint density at radius 1 is 0.875 bits per heavy atom. The molecule has 3 rings (SSSR count). The third-order valence-corrected chi connectivity index (χ3v) is 5.10. The number of aliphatic carboxylic acids is 1. The van der Waals surface area contributed by atoms with Crippen LogP contribution in [0.15, 0.2) is 54.6 Å². The van der Waals surface area contributed by atoms with Gasteiger partial charge in [-0.15, -0.1) is 0 Å². The fourth-order valence-electron chi connectivity index (χ4n) is 3.71. The molecule has 2 N–H and O–H groups in total. The van der Waals surface area contributed by atoms with Crippen LogP contribution in [-0.4, -0.2) is 16.2 Å². The molecule has 0 bridgehead atoms. The molecule has 2 aromatic carbocycles. The first-order valence-electron chi connectivity index (χ1n) is 8.72. The van der Waals surface area contributed by atoms with Crippen molar-refractivity contribution in [2.24, 2.45) is 0 Å². The average Bonchev–Trinajstić information content (AvgIpc) is 2.63. The van der Waals surface area contributed by atoms with Gasteiger partial charge in [0.1, 0.15) is 5.92 Å². The van der Waals surface area contributed by atoms with Crippen molar-refractivity contribution in [1.29, 1.82) is 0 Å². The molecule has 0 aliphatic heterocycles. The standard InChI is InChI=1S/C21H24O3/c22-20(18-9-5-2-6-10-18)19(21(23)24)17-13-11-16(12-14-17)15-7-3-1-4-8-15/h2,5-6,9-15,19-20,22H,1,3-4,7-8H2,(H,23,24)/t19-,20+/m1/s1. The Kier molecular flexibility index (Phi) is 5.31. The second-order valence-corrected chi connectivity index (χ2v) is 6.67. The zero-order valence-corrected chi connectivity index (χ0v) is 13.8. The summed E-state index contributed by atoms with van der Waals surface area (Å²) >= 11 is 0. The molecule has 0 spiro atoms. The average molecular weight is 324 g/mol. The number of hydrogen-bond donors (Lipinski definition) is 2. The van der Waals surface area contributed by atoms with Gasteiger partial charge in [0.15, 0.2) is 0 Å². The van der Waals surface area contributed by atoms with Gasteiger partial charge in [-0.1, -0.05) is 73.9 Å². The Morgan fingerprint density at radius 3 is 2.08 bits per heavy atom. The van der Waals surface area contributed by atoms with E-state index < -0.39 is 18.0 Å². The van der Waals surface area contributed by atoms with E-state index in [0.717, 1.165) is 0 Å². The van der Waals surface area contributed by atoms with E-state index in [2.05, 4.69) is 0 Å². The van der Waals surface area contributed by atoms with Crippen LogP contribution in [0.5, 0.6) is 0 Å². The quantitative estimate of drug-likeness (QED) is 0.842. The summed E-state index contributed by atoms with van der Waals surface area (Å²) < 4.78 is 0. The maximum Gasteiger partial charge on any atom is 0.314 e. The van der Waals surface area contributed by atoms with E-state index in [9.17, 15) is 15.0 Å². The second-order valence-electron chi connectivity index (χ2n) is 6.67. The highest BCUT2D eigenvalue weighted by Crippen LogP contribution is 2.35. The lowest BCUT2D eigenvalue weighted by atomic mass is 9.82. The lowest BCUT2D eigenvalue weighted by Crippen LogP contribution is -2.20. The van der Waals surface area contributed by atoms with Crippen molar-refractivity contribution in [3.05, 3.63) is 71.3 Å². The number of aliphatic hydroxyl groups excluding tert-OH is 1. The first-order chi connectivity index (χ1) is 11.7. The Bertz CT molecular complexity index is 657. The van der Waals surface area contributed by atoms with Gasteiger partial charge in [-0.3, -0.25) is 4.79 Å². The molecule has 0 radical (unpaired) electrons. The highest BCUT2D eigenvalue weighted by atomic mass is 16.4. The third-order valence-electron chi connectivity index (χ3n) is 5.10. The van der Waals surface area contributed by atoms with E-state index in [1.54, 1.807) is 12.1 Å². The van der Waals surface area contributed by atoms with Crippen LogP contribution in [0.1, 0.15) is 66.7 Å². The maximum atomic E-state index is 11.7. The predicted molar refractivity (Wildman–Crippen MR) is 94.0 cm³/mol. The molecule has 2 aromatic rings. The third kappa shape index (κ3) is 3.68. The van der Waals surface area contributed by atoms with E-state index >= 15 is 0 Å². The summed E-state index contributed by atoms with van der Waals surface area (Å²) in [6.45, 7) is 0. The lowest BCUT2D eigenvalue weighted by Gasteiger charge is -2.23. The monoisotopic (exact) mass is 324 g/mol. The van der Waals surface area contributed by atoms with Crippen molar-refractivity contribution in [3.8, 4) is 0 Å². The molecule has 1 saturated carbocycles. The fraction of sp³-hybridized carbons (Fsp3) is 0.381. The second kappa shape index (κ2) is 7.63. The van der Waals surface area contributed by atoms with Gasteiger partial charge >= 0.3 is 5.97 Å². The van der Waals surface area contributed by atoms with Crippen LogP contribution < -0.4 is 0 Å². The number of carbonyl (C=O) groups is 1. The normalized spacial score (nSPS) is 18.0. The Labute approximate surface area is 143 Å². The Balaban J connectivity index is 1.82. The minimum atomic E-state index is -1.05. The lowest BCUT2D eigenvalue weighted by molar-refractivity contribution is -0.141. The molecule has 3 heteroatoms. The van der Waals surface area contributed by atoms with Gasteiger partial charge in [-0.2, -0.15) is 0 Å². The summed E-state index contributed by atoms with van der Waals surface area (Å²) in [6, 6.07) is 16.8. The van der Waals surface area contributed by atoms with Crippen molar-refractivity contribution in [3.63, 3.8) is 0 Å². The summed E-state index contributed by atoms with van der Waals surface area (Å²) in [5, 5.41) is 20.2. The first-order valence-corrected chi connectivity index (χ1v) is 8.72. The van der Waals surface area contributed by atoms with Crippen LogP contribution >= 0.6 is 0 Å². The fourth-order valence-corrected chi connectivity index (χ4v) is 3.71. The molecule has 3 nitrogen and oxygen atoms in total. The van der Waals surface area contributed by atoms with Gasteiger partial charge in [0.25, 0.3) is 0 Å². The van der Waals surface area contributed by atoms with Gasteiger partial charge in [0.05, 0.1) is 6.10 Å². The molecule has 1 fully saturated rings. The number of benzene rings is 2. The molecule has 24 heavy (non-hydrogen) atoms. The number of aliphatic hydroxyl groups is 1. The zero-order valence-electron chi connectivity index (χ0n) is 13.8. The smallest absolute Gasteiger partial charge is 0.314 e. The van der Waals surface area contributed by atoms with E-state index in [-0.39, 0.29) is 0 Å². The summed E-state index contributed by atoms with van der Waals surface area (Å²) in [6.07, 6.45) is 5.25. The van der Waals surface area contributed by atoms with E-state index in [1.165, 1.54) is 37.7 Å². The van der Waals surface area contributed by atoms with E-state index in [4.69, 9.17) is 0 Å². The predicted octanol–water partition coefficient (Wildman–Crippen LogP) is 4.64. The Hall–Kier alpha value is -2.13. The number of rotatable bonds is 5. The SMILES string of the molecule is O=C(O)[C@H](c1ccc(C2CCCCC2)cc1)[C@@H](O)c1ccccc1. The van der Waals surface area contributed by atoms with Crippen LogP contribution in [0.2, 0.25) is 0 Å². The van der Waals surface area contributed by atoms with Crippen LogP contribution in [0, 0.1) is 0 Å². The summed E-state index contributed by atoms with van der Waals surface area (Å²) in [7, 11) is 0. The summed E-state index contributed by atoms with van der Waals surface area (Å²) in [5.74, 6) is -1.36. The number of carboxylic acids is 1. The maximum absolute atomic E-state index is 11.7. The van der Waals surface area contributed by atoms with Crippen LogP contribution in [0.4, 0.5) is 0 Å². The molecular weight excluding hydrogens is 300 g/mol. The number of carboxylic acid groups (broad SMARTS) is 1. The van der Waals surface area contributed by atoms with Crippen LogP contribution in [0.25, 0.3) is 0 Å². The first kappa shape index (κ1) is 16.7. The minimum Gasteiger partial charge on any atom is -0.481 e. The van der Waals surface area contributed by atoms with Gasteiger partial charge in [0.2, 0.25) is 0 Å². The molecule has 1 aliphatic carbocycles. The van der Waals surface area contributed by atoms with Gasteiger partial charge in [-0.25, -0.2) is 0 Å².